The van der Waals surface area contributed by atoms with Crippen LogP contribution in [0.15, 0.2) is 87.6 Å². The van der Waals surface area contributed by atoms with Crippen molar-refractivity contribution in [1.82, 2.24) is 9.66 Å². The molecule has 0 bridgehead atoms. The summed E-state index contributed by atoms with van der Waals surface area (Å²) in [5.74, 6) is 0. The van der Waals surface area contributed by atoms with Crippen LogP contribution in [0.5, 0.6) is 0 Å². The van der Waals surface area contributed by atoms with E-state index in [9.17, 15) is 31.6 Å². The number of hydrogen-bond acceptors (Lipinski definition) is 6. The molecule has 0 spiro atoms. The quantitative estimate of drug-likeness (QED) is 0.484. The van der Waals surface area contributed by atoms with Crippen molar-refractivity contribution in [2.75, 3.05) is 5.43 Å². The van der Waals surface area contributed by atoms with Gasteiger partial charge in [0.1, 0.15) is 6.33 Å². The first-order chi connectivity index (χ1) is 15.6. The number of nitrogens with one attached hydrogen (secondary N) is 1. The molecule has 0 aliphatic carbocycles. The normalized spacial score (nSPS) is 11.8. The van der Waals surface area contributed by atoms with Crippen LogP contribution in [0.4, 0.5) is 18.9 Å². The minimum atomic E-state index is -4.66. The van der Waals surface area contributed by atoms with Gasteiger partial charge in [0.25, 0.3) is 5.56 Å². The summed E-state index contributed by atoms with van der Waals surface area (Å²) in [5, 5.41) is 8.91. The zero-order valence-corrected chi connectivity index (χ0v) is 17.4. The van der Waals surface area contributed by atoms with Crippen LogP contribution in [0, 0.1) is 11.3 Å². The molecule has 0 unspecified atom stereocenters. The molecule has 4 aromatic rings. The number of fused-ring (bicyclic) bond motifs is 1. The Bertz CT molecular complexity index is 1580. The zero-order chi connectivity index (χ0) is 23.8. The van der Waals surface area contributed by atoms with Crippen LogP contribution in [-0.2, 0) is 16.0 Å². The minimum Gasteiger partial charge on any atom is -0.289 e. The van der Waals surface area contributed by atoms with Gasteiger partial charge in [-0.15, -0.1) is 0 Å². The molecule has 0 atom stereocenters. The topological polar surface area (TPSA) is 105 Å². The molecule has 3 aromatic carbocycles. The first-order valence-corrected chi connectivity index (χ1v) is 10.8. The third kappa shape index (κ3) is 4.16. The molecule has 1 N–H and O–H groups in total. The van der Waals surface area contributed by atoms with E-state index in [4.69, 9.17) is 0 Å². The van der Waals surface area contributed by atoms with E-state index in [-0.39, 0.29) is 31.9 Å². The van der Waals surface area contributed by atoms with Gasteiger partial charge in [-0.05, 0) is 48.5 Å². The van der Waals surface area contributed by atoms with E-state index < -0.39 is 27.1 Å². The van der Waals surface area contributed by atoms with Gasteiger partial charge in [-0.1, -0.05) is 18.2 Å². The van der Waals surface area contributed by atoms with Gasteiger partial charge >= 0.3 is 6.18 Å². The monoisotopic (exact) mass is 470 g/mol. The first-order valence-electron chi connectivity index (χ1n) is 9.31. The maximum atomic E-state index is 13.1. The number of nitrogens with zero attached hydrogens (tertiary/aromatic N) is 3. The molecule has 0 radical (unpaired) electrons. The van der Waals surface area contributed by atoms with Gasteiger partial charge in [0.2, 0.25) is 9.84 Å². The van der Waals surface area contributed by atoms with E-state index in [2.05, 4.69) is 10.4 Å². The maximum Gasteiger partial charge on any atom is 0.416 e. The summed E-state index contributed by atoms with van der Waals surface area (Å²) in [6.45, 7) is 0. The molecule has 1 aromatic heterocycles. The van der Waals surface area contributed by atoms with Crippen LogP contribution in [0.1, 0.15) is 11.1 Å². The fourth-order valence-electron chi connectivity index (χ4n) is 3.16. The van der Waals surface area contributed by atoms with E-state index in [0.717, 1.165) is 23.1 Å². The van der Waals surface area contributed by atoms with Crippen molar-refractivity contribution in [3.63, 3.8) is 0 Å². The maximum absolute atomic E-state index is 13.1. The van der Waals surface area contributed by atoms with Gasteiger partial charge in [0.05, 0.1) is 43.6 Å². The Kier molecular flexibility index (Phi) is 5.39. The van der Waals surface area contributed by atoms with Crippen LogP contribution in [-0.4, -0.2) is 18.1 Å². The Morgan fingerprint density at radius 2 is 1.73 bits per heavy atom. The standard InChI is InChI=1S/C22H13F3N4O3S/c23-22(24,25)15-7-8-18-17(11-15)21(30)29(13-27-18)28-19-10-14(12-26)6-9-20(19)33(31,32)16-4-2-1-3-5-16/h1-11,13,28H. The molecular weight excluding hydrogens is 457 g/mol. The van der Waals surface area contributed by atoms with Gasteiger partial charge in [-0.3, -0.25) is 10.2 Å². The molecule has 1 heterocycles. The lowest BCUT2D eigenvalue weighted by Gasteiger charge is -2.15. The second kappa shape index (κ2) is 8.07. The van der Waals surface area contributed by atoms with Crippen LogP contribution >= 0.6 is 0 Å². The number of nitriles is 1. The van der Waals surface area contributed by atoms with Crippen molar-refractivity contribution in [3.05, 3.63) is 94.5 Å². The van der Waals surface area contributed by atoms with Gasteiger partial charge in [-0.2, -0.15) is 18.4 Å². The Balaban J connectivity index is 1.87. The summed E-state index contributed by atoms with van der Waals surface area (Å²) in [6.07, 6.45) is -3.64. The number of rotatable bonds is 4. The highest BCUT2D eigenvalue weighted by Crippen LogP contribution is 2.31. The molecule has 33 heavy (non-hydrogen) atoms. The summed E-state index contributed by atoms with van der Waals surface area (Å²) in [7, 11) is -4.05. The van der Waals surface area contributed by atoms with E-state index in [1.807, 2.05) is 6.07 Å². The van der Waals surface area contributed by atoms with Crippen molar-refractivity contribution in [3.8, 4) is 6.07 Å². The summed E-state index contributed by atoms with van der Waals surface area (Å²) in [4.78, 5) is 16.6. The van der Waals surface area contributed by atoms with Crippen LogP contribution in [0.25, 0.3) is 10.9 Å². The largest absolute Gasteiger partial charge is 0.416 e. The second-order valence-electron chi connectivity index (χ2n) is 6.90. The minimum absolute atomic E-state index is 0.0171. The fourth-order valence-corrected chi connectivity index (χ4v) is 4.57. The molecule has 0 aliphatic rings. The lowest BCUT2D eigenvalue weighted by atomic mass is 10.1. The van der Waals surface area contributed by atoms with Crippen molar-refractivity contribution in [1.29, 1.82) is 5.26 Å². The van der Waals surface area contributed by atoms with Crippen molar-refractivity contribution in [2.24, 2.45) is 0 Å². The molecule has 0 saturated heterocycles. The number of sulfone groups is 1. The third-order valence-corrected chi connectivity index (χ3v) is 6.61. The lowest BCUT2D eigenvalue weighted by molar-refractivity contribution is -0.137. The third-order valence-electron chi connectivity index (χ3n) is 4.78. The predicted octanol–water partition coefficient (Wildman–Crippen LogP) is 3.99. The van der Waals surface area contributed by atoms with E-state index >= 15 is 0 Å². The molecule has 0 aliphatic heterocycles. The number of anilines is 1. The van der Waals surface area contributed by atoms with Crippen molar-refractivity contribution in [2.45, 2.75) is 16.0 Å². The first kappa shape index (κ1) is 22.0. The molecule has 166 valence electrons. The summed E-state index contributed by atoms with van der Waals surface area (Å²) < 4.78 is 66.3. The van der Waals surface area contributed by atoms with Crippen molar-refractivity contribution < 1.29 is 21.6 Å². The summed E-state index contributed by atoms with van der Waals surface area (Å²) >= 11 is 0. The van der Waals surface area contributed by atoms with Gasteiger partial charge in [0, 0.05) is 0 Å². The molecule has 0 saturated carbocycles. The number of hydrogen-bond donors (Lipinski definition) is 1. The highest BCUT2D eigenvalue weighted by atomic mass is 32.2. The van der Waals surface area contributed by atoms with Gasteiger partial charge < -0.3 is 0 Å². The molecule has 0 amide bonds. The lowest BCUT2D eigenvalue weighted by Crippen LogP contribution is -2.27. The number of alkyl halides is 3. The molecule has 7 nitrogen and oxygen atoms in total. The zero-order valence-electron chi connectivity index (χ0n) is 16.5. The number of benzene rings is 3. The highest BCUT2D eigenvalue weighted by molar-refractivity contribution is 7.91. The SMILES string of the molecule is N#Cc1ccc(S(=O)(=O)c2ccccc2)c(Nn2cnc3ccc(C(F)(F)F)cc3c2=O)c1. The number of aromatic nitrogens is 2. The Hall–Kier alpha value is -4.17. The second-order valence-corrected chi connectivity index (χ2v) is 8.82. The molecule has 4 rings (SSSR count). The van der Waals surface area contributed by atoms with E-state index in [1.165, 1.54) is 30.3 Å². The molecule has 11 heteroatoms. The fraction of sp³-hybridized carbons (Fsp3) is 0.0455. The van der Waals surface area contributed by atoms with Gasteiger partial charge in [0.15, 0.2) is 0 Å². The average Bonchev–Trinajstić information content (AvgIpc) is 2.80. The van der Waals surface area contributed by atoms with E-state index in [0.29, 0.717) is 6.07 Å². The Morgan fingerprint density at radius 1 is 1.00 bits per heavy atom. The van der Waals surface area contributed by atoms with Crippen molar-refractivity contribution >= 4 is 26.4 Å². The molecular formula is C22H13F3N4O3S. The molecule has 0 fully saturated rings. The van der Waals surface area contributed by atoms with Crippen LogP contribution in [0.3, 0.4) is 0 Å². The predicted molar refractivity (Wildman–Crippen MR) is 113 cm³/mol. The Labute approximate surface area is 185 Å². The smallest absolute Gasteiger partial charge is 0.289 e. The van der Waals surface area contributed by atoms with Crippen LogP contribution < -0.4 is 11.0 Å². The van der Waals surface area contributed by atoms with E-state index in [1.54, 1.807) is 18.2 Å². The summed E-state index contributed by atoms with van der Waals surface area (Å²) in [6, 6.07) is 15.7. The van der Waals surface area contributed by atoms with Crippen LogP contribution in [0.2, 0.25) is 0 Å². The number of halogens is 3. The Morgan fingerprint density at radius 3 is 2.39 bits per heavy atom. The summed E-state index contributed by atoms with van der Waals surface area (Å²) in [5.41, 5.74) is 0.692. The highest BCUT2D eigenvalue weighted by Gasteiger charge is 2.31. The van der Waals surface area contributed by atoms with Gasteiger partial charge in [-0.25, -0.2) is 18.1 Å². The average molecular weight is 470 g/mol.